The molecule has 0 radical (unpaired) electrons. The summed E-state index contributed by atoms with van der Waals surface area (Å²) in [4.78, 5) is 28.1. The molecule has 0 saturated carbocycles. The van der Waals surface area contributed by atoms with E-state index >= 15 is 0 Å². The van der Waals surface area contributed by atoms with E-state index in [2.05, 4.69) is 15.6 Å². The number of aliphatic carboxylic acids is 1. The molecule has 0 fully saturated rings. The monoisotopic (exact) mass is 439 g/mol. The Balaban J connectivity index is 1.68. The average molecular weight is 439 g/mol. The van der Waals surface area contributed by atoms with E-state index in [0.717, 1.165) is 5.57 Å². The SMILES string of the molecule is C[C@@H](O)[C@H](Nc1ccc(C2=C/C(=C3\C(=O)Nc4ccc(F)cc43)OC2(C)C)cn1)C(=O)O. The minimum atomic E-state index is -1.20. The number of carboxylic acids is 1. The molecule has 1 amide bonds. The number of carboxylic acid groups (broad SMARTS) is 1. The van der Waals surface area contributed by atoms with E-state index in [9.17, 15) is 24.2 Å². The van der Waals surface area contributed by atoms with Crippen molar-refractivity contribution in [2.75, 3.05) is 10.6 Å². The minimum absolute atomic E-state index is 0.259. The van der Waals surface area contributed by atoms with Gasteiger partial charge in [0, 0.05) is 28.6 Å². The average Bonchev–Trinajstić information content (AvgIpc) is 3.20. The second-order valence-corrected chi connectivity index (χ2v) is 8.19. The lowest BCUT2D eigenvalue weighted by Crippen LogP contribution is -2.39. The number of halogens is 1. The van der Waals surface area contributed by atoms with Gasteiger partial charge in [-0.05, 0) is 57.2 Å². The van der Waals surface area contributed by atoms with E-state index in [1.807, 2.05) is 13.8 Å². The number of allylic oxidation sites excluding steroid dienone is 1. The molecule has 3 heterocycles. The Bertz CT molecular complexity index is 1170. The van der Waals surface area contributed by atoms with Gasteiger partial charge in [-0.1, -0.05) is 0 Å². The molecule has 2 aromatic rings. The predicted octanol–water partition coefficient (Wildman–Crippen LogP) is 3.02. The number of amides is 1. The number of carbonyl (C=O) groups excluding carboxylic acids is 1. The van der Waals surface area contributed by atoms with Gasteiger partial charge >= 0.3 is 5.97 Å². The van der Waals surface area contributed by atoms with Crippen molar-refractivity contribution in [2.45, 2.75) is 38.5 Å². The zero-order valence-corrected chi connectivity index (χ0v) is 17.6. The maximum absolute atomic E-state index is 13.8. The molecule has 8 nitrogen and oxygen atoms in total. The lowest BCUT2D eigenvalue weighted by Gasteiger charge is -2.23. The highest BCUT2D eigenvalue weighted by atomic mass is 19.1. The molecule has 0 unspecified atom stereocenters. The minimum Gasteiger partial charge on any atom is -0.482 e. The quantitative estimate of drug-likeness (QED) is 0.529. The van der Waals surface area contributed by atoms with Crippen LogP contribution in [0, 0.1) is 5.82 Å². The topological polar surface area (TPSA) is 121 Å². The molecule has 2 aliphatic heterocycles. The van der Waals surface area contributed by atoms with Crippen molar-refractivity contribution in [1.29, 1.82) is 0 Å². The summed E-state index contributed by atoms with van der Waals surface area (Å²) in [6, 6.07) is 6.22. The van der Waals surface area contributed by atoms with Gasteiger partial charge in [-0.2, -0.15) is 0 Å². The number of anilines is 2. The number of hydrogen-bond acceptors (Lipinski definition) is 6. The molecule has 0 saturated heterocycles. The van der Waals surface area contributed by atoms with Gasteiger partial charge in [0.05, 0.1) is 11.7 Å². The van der Waals surface area contributed by atoms with Crippen molar-refractivity contribution in [3.05, 3.63) is 65.3 Å². The first-order valence-electron chi connectivity index (χ1n) is 9.97. The summed E-state index contributed by atoms with van der Waals surface area (Å²) in [6.45, 7) is 5.05. The Hall–Kier alpha value is -3.72. The molecular formula is C23H22FN3O5. The summed E-state index contributed by atoms with van der Waals surface area (Å²) in [6.07, 6.45) is 2.17. The Morgan fingerprint density at radius 1 is 1.28 bits per heavy atom. The molecule has 4 rings (SSSR count). The first-order chi connectivity index (χ1) is 15.1. The van der Waals surface area contributed by atoms with Crippen LogP contribution in [0.5, 0.6) is 0 Å². The fourth-order valence-corrected chi connectivity index (χ4v) is 3.79. The van der Waals surface area contributed by atoms with E-state index in [1.54, 1.807) is 24.4 Å². The predicted molar refractivity (Wildman–Crippen MR) is 116 cm³/mol. The number of aromatic nitrogens is 1. The number of fused-ring (bicyclic) bond motifs is 1. The van der Waals surface area contributed by atoms with Crippen molar-refractivity contribution >= 4 is 34.5 Å². The highest BCUT2D eigenvalue weighted by Gasteiger charge is 2.38. The normalized spacial score (nSPS) is 20.7. The second-order valence-electron chi connectivity index (χ2n) is 8.19. The Kier molecular flexibility index (Phi) is 5.21. The zero-order chi connectivity index (χ0) is 23.2. The first kappa shape index (κ1) is 21.5. The number of ether oxygens (including phenoxy) is 1. The molecule has 166 valence electrons. The number of aliphatic hydroxyl groups excluding tert-OH is 1. The largest absolute Gasteiger partial charge is 0.482 e. The van der Waals surface area contributed by atoms with E-state index in [1.165, 1.54) is 25.1 Å². The fourth-order valence-electron chi connectivity index (χ4n) is 3.79. The van der Waals surface area contributed by atoms with Crippen LogP contribution >= 0.6 is 0 Å². The lowest BCUT2D eigenvalue weighted by molar-refractivity contribution is -0.140. The molecule has 0 spiro atoms. The maximum Gasteiger partial charge on any atom is 0.328 e. The molecule has 2 atom stereocenters. The number of aliphatic hydroxyl groups is 1. The third kappa shape index (κ3) is 3.82. The van der Waals surface area contributed by atoms with Crippen LogP contribution in [-0.4, -0.2) is 44.8 Å². The van der Waals surface area contributed by atoms with Crippen molar-refractivity contribution < 1.29 is 28.9 Å². The zero-order valence-electron chi connectivity index (χ0n) is 17.6. The Labute approximate surface area is 183 Å². The van der Waals surface area contributed by atoms with E-state index in [4.69, 9.17) is 4.74 Å². The molecule has 2 aliphatic rings. The van der Waals surface area contributed by atoms with Crippen molar-refractivity contribution in [1.82, 2.24) is 4.98 Å². The maximum atomic E-state index is 13.8. The van der Waals surface area contributed by atoms with Crippen molar-refractivity contribution in [2.24, 2.45) is 0 Å². The van der Waals surface area contributed by atoms with E-state index < -0.39 is 29.5 Å². The molecule has 4 N–H and O–H groups in total. The van der Waals surface area contributed by atoms with E-state index in [-0.39, 0.29) is 17.3 Å². The summed E-state index contributed by atoms with van der Waals surface area (Å²) < 4.78 is 19.9. The van der Waals surface area contributed by atoms with Gasteiger partial charge < -0.3 is 25.6 Å². The summed E-state index contributed by atoms with van der Waals surface area (Å²) in [5.74, 6) is -1.40. The molecule has 9 heteroatoms. The number of hydrogen-bond donors (Lipinski definition) is 4. The number of carbonyl (C=O) groups is 2. The van der Waals surface area contributed by atoms with Crippen LogP contribution in [0.15, 0.2) is 48.4 Å². The van der Waals surface area contributed by atoms with Crippen LogP contribution in [0.1, 0.15) is 31.9 Å². The highest BCUT2D eigenvalue weighted by Crippen LogP contribution is 2.44. The van der Waals surface area contributed by atoms with Gasteiger partial charge in [0.15, 0.2) is 6.04 Å². The van der Waals surface area contributed by atoms with Gasteiger partial charge in [0.25, 0.3) is 5.91 Å². The summed E-state index contributed by atoms with van der Waals surface area (Å²) in [5.41, 5.74) is 1.88. The van der Waals surface area contributed by atoms with Crippen LogP contribution in [0.3, 0.4) is 0 Å². The molecule has 1 aromatic carbocycles. The van der Waals surface area contributed by atoms with Crippen LogP contribution in [0.2, 0.25) is 0 Å². The number of rotatable bonds is 5. The van der Waals surface area contributed by atoms with Crippen LogP contribution in [-0.2, 0) is 14.3 Å². The van der Waals surface area contributed by atoms with Crippen LogP contribution in [0.25, 0.3) is 11.1 Å². The smallest absolute Gasteiger partial charge is 0.328 e. The van der Waals surface area contributed by atoms with Gasteiger partial charge in [-0.3, -0.25) is 4.79 Å². The Morgan fingerprint density at radius 3 is 2.66 bits per heavy atom. The Morgan fingerprint density at radius 2 is 2.03 bits per heavy atom. The number of nitrogens with zero attached hydrogens (tertiary/aromatic N) is 1. The van der Waals surface area contributed by atoms with Crippen LogP contribution in [0.4, 0.5) is 15.9 Å². The number of benzene rings is 1. The summed E-state index contributed by atoms with van der Waals surface area (Å²) in [7, 11) is 0. The number of nitrogens with one attached hydrogen (secondary N) is 2. The molecular weight excluding hydrogens is 417 g/mol. The van der Waals surface area contributed by atoms with Gasteiger partial charge in [0.1, 0.15) is 23.0 Å². The summed E-state index contributed by atoms with van der Waals surface area (Å²) >= 11 is 0. The third-order valence-corrected chi connectivity index (χ3v) is 5.39. The van der Waals surface area contributed by atoms with Gasteiger partial charge in [-0.25, -0.2) is 14.2 Å². The number of pyridine rings is 1. The fraction of sp³-hybridized carbons (Fsp3) is 0.261. The first-order valence-corrected chi connectivity index (χ1v) is 9.97. The van der Waals surface area contributed by atoms with Gasteiger partial charge in [-0.15, -0.1) is 0 Å². The van der Waals surface area contributed by atoms with Crippen LogP contribution < -0.4 is 10.6 Å². The highest BCUT2D eigenvalue weighted by molar-refractivity contribution is 6.32. The molecule has 0 bridgehead atoms. The standard InChI is InChI=1S/C23H22FN3O5/c1-11(28)20(22(30)31)27-18-7-4-12(10-25-18)15-9-17(32-23(15,2)3)19-14-8-13(24)5-6-16(14)26-21(19)29/h4-11,20,28H,1-3H3,(H,25,27)(H,26,29)(H,30,31)/b19-17+/t11-,20+/m1/s1. The van der Waals surface area contributed by atoms with E-state index in [0.29, 0.717) is 22.6 Å². The van der Waals surface area contributed by atoms with Crippen molar-refractivity contribution in [3.63, 3.8) is 0 Å². The van der Waals surface area contributed by atoms with Gasteiger partial charge in [0.2, 0.25) is 0 Å². The third-order valence-electron chi connectivity index (χ3n) is 5.39. The second kappa shape index (κ2) is 7.76. The molecule has 32 heavy (non-hydrogen) atoms. The lowest BCUT2D eigenvalue weighted by atomic mass is 9.93. The molecule has 0 aliphatic carbocycles. The summed E-state index contributed by atoms with van der Waals surface area (Å²) in [5, 5.41) is 24.2. The van der Waals surface area contributed by atoms with Crippen molar-refractivity contribution in [3.8, 4) is 0 Å². The molecule has 1 aromatic heterocycles.